The molecule has 0 radical (unpaired) electrons. The third-order valence-electron chi connectivity index (χ3n) is 3.23. The molecule has 22 heavy (non-hydrogen) atoms. The summed E-state index contributed by atoms with van der Waals surface area (Å²) in [5.41, 5.74) is 0.953. The van der Waals surface area contributed by atoms with E-state index in [1.807, 2.05) is 31.2 Å². The molecule has 0 unspecified atom stereocenters. The fourth-order valence-corrected chi connectivity index (χ4v) is 3.34. The lowest BCUT2D eigenvalue weighted by Crippen LogP contribution is -2.34. The molecular formula is C17H22N2OS2. The maximum Gasteiger partial charge on any atom is 0.171 e. The Morgan fingerprint density at radius 3 is 2.50 bits per heavy atom. The van der Waals surface area contributed by atoms with Crippen LogP contribution in [0.25, 0.3) is 0 Å². The normalized spacial score (nSPS) is 12.0. The molecule has 0 amide bonds. The predicted octanol–water partition coefficient (Wildman–Crippen LogP) is 4.83. The lowest BCUT2D eigenvalue weighted by molar-refractivity contribution is 0.340. The van der Waals surface area contributed by atoms with Gasteiger partial charge in [-0.05, 0) is 60.8 Å². The highest BCUT2D eigenvalue weighted by Gasteiger charge is 2.17. The smallest absolute Gasteiger partial charge is 0.171 e. The molecular weight excluding hydrogens is 312 g/mol. The van der Waals surface area contributed by atoms with Crippen molar-refractivity contribution in [2.75, 3.05) is 11.9 Å². The van der Waals surface area contributed by atoms with Gasteiger partial charge >= 0.3 is 0 Å². The molecule has 2 N–H and O–H groups in total. The van der Waals surface area contributed by atoms with Crippen molar-refractivity contribution in [3.05, 3.63) is 46.7 Å². The zero-order valence-electron chi connectivity index (χ0n) is 13.1. The van der Waals surface area contributed by atoms with Crippen molar-refractivity contribution in [1.82, 2.24) is 5.32 Å². The van der Waals surface area contributed by atoms with Gasteiger partial charge in [0.15, 0.2) is 5.11 Å². The molecule has 0 aliphatic heterocycles. The molecule has 1 atom stereocenters. The van der Waals surface area contributed by atoms with Gasteiger partial charge in [0, 0.05) is 10.6 Å². The fraction of sp³-hybridized carbons (Fsp3) is 0.353. The number of anilines is 1. The summed E-state index contributed by atoms with van der Waals surface area (Å²) in [5, 5.41) is 9.36. The van der Waals surface area contributed by atoms with Crippen LogP contribution in [0.3, 0.4) is 0 Å². The molecule has 0 saturated carbocycles. The maximum atomic E-state index is 5.44. The third kappa shape index (κ3) is 4.71. The van der Waals surface area contributed by atoms with Crippen LogP contribution in [-0.2, 0) is 0 Å². The van der Waals surface area contributed by atoms with E-state index in [0.717, 1.165) is 11.4 Å². The zero-order valence-corrected chi connectivity index (χ0v) is 14.8. The van der Waals surface area contributed by atoms with Crippen molar-refractivity contribution in [2.24, 2.45) is 5.92 Å². The van der Waals surface area contributed by atoms with E-state index >= 15 is 0 Å². The van der Waals surface area contributed by atoms with Crippen LogP contribution >= 0.6 is 23.6 Å². The molecule has 0 saturated heterocycles. The topological polar surface area (TPSA) is 33.3 Å². The summed E-state index contributed by atoms with van der Waals surface area (Å²) in [6, 6.07) is 12.2. The van der Waals surface area contributed by atoms with Gasteiger partial charge < -0.3 is 15.4 Å². The lowest BCUT2D eigenvalue weighted by atomic mass is 10.0. The van der Waals surface area contributed by atoms with Crippen LogP contribution in [0.2, 0.25) is 0 Å². The van der Waals surface area contributed by atoms with E-state index in [2.05, 4.69) is 42.0 Å². The molecule has 0 bridgehead atoms. The van der Waals surface area contributed by atoms with Gasteiger partial charge in [-0.2, -0.15) is 0 Å². The summed E-state index contributed by atoms with van der Waals surface area (Å²) < 4.78 is 5.44. The second-order valence-electron chi connectivity index (χ2n) is 5.29. The quantitative estimate of drug-likeness (QED) is 0.741. The first-order valence-corrected chi connectivity index (χ1v) is 8.72. The number of benzene rings is 1. The molecule has 2 rings (SSSR count). The Morgan fingerprint density at radius 2 is 1.95 bits per heavy atom. The number of hydrogen-bond donors (Lipinski definition) is 2. The molecule has 0 spiro atoms. The first-order valence-electron chi connectivity index (χ1n) is 7.44. The molecule has 0 aliphatic rings. The van der Waals surface area contributed by atoms with Gasteiger partial charge in [-0.25, -0.2) is 0 Å². The van der Waals surface area contributed by atoms with Gasteiger partial charge in [-0.15, -0.1) is 11.3 Å². The van der Waals surface area contributed by atoms with Crippen LogP contribution in [-0.4, -0.2) is 11.7 Å². The Balaban J connectivity index is 1.96. The highest BCUT2D eigenvalue weighted by Crippen LogP contribution is 2.26. The molecule has 5 heteroatoms. The van der Waals surface area contributed by atoms with Crippen molar-refractivity contribution in [1.29, 1.82) is 0 Å². The summed E-state index contributed by atoms with van der Waals surface area (Å²) in [6.07, 6.45) is 0. The van der Waals surface area contributed by atoms with E-state index in [0.29, 0.717) is 17.6 Å². The molecule has 2 aromatic rings. The Labute approximate surface area is 141 Å². The highest BCUT2D eigenvalue weighted by molar-refractivity contribution is 7.80. The van der Waals surface area contributed by atoms with Gasteiger partial charge in [-0.1, -0.05) is 19.9 Å². The molecule has 1 aromatic carbocycles. The highest BCUT2D eigenvalue weighted by atomic mass is 32.1. The Bertz CT molecular complexity index is 579. The summed E-state index contributed by atoms with van der Waals surface area (Å²) in [4.78, 5) is 1.30. The van der Waals surface area contributed by atoms with Crippen LogP contribution < -0.4 is 15.4 Å². The third-order valence-corrected chi connectivity index (χ3v) is 4.40. The minimum atomic E-state index is 0.225. The summed E-state index contributed by atoms with van der Waals surface area (Å²) in [6.45, 7) is 7.03. The van der Waals surface area contributed by atoms with Gasteiger partial charge in [0.2, 0.25) is 0 Å². The summed E-state index contributed by atoms with van der Waals surface area (Å²) in [5.74, 6) is 1.32. The van der Waals surface area contributed by atoms with Crippen molar-refractivity contribution in [3.8, 4) is 5.75 Å². The fourth-order valence-electron chi connectivity index (χ4n) is 2.14. The average Bonchev–Trinajstić information content (AvgIpc) is 3.01. The van der Waals surface area contributed by atoms with E-state index in [4.69, 9.17) is 17.0 Å². The van der Waals surface area contributed by atoms with Gasteiger partial charge in [0.05, 0.1) is 12.6 Å². The number of hydrogen-bond acceptors (Lipinski definition) is 3. The van der Waals surface area contributed by atoms with Crippen molar-refractivity contribution < 1.29 is 4.74 Å². The SMILES string of the molecule is CCOc1ccc(NC(=S)N[C@H](c2cccs2)C(C)C)cc1. The van der Waals surface area contributed by atoms with E-state index in [-0.39, 0.29) is 6.04 Å². The molecule has 118 valence electrons. The first-order chi connectivity index (χ1) is 10.6. The second kappa shape index (κ2) is 8.15. The predicted molar refractivity (Wildman–Crippen MR) is 98.9 cm³/mol. The number of thiocarbonyl (C=S) groups is 1. The second-order valence-corrected chi connectivity index (χ2v) is 6.68. The van der Waals surface area contributed by atoms with Crippen LogP contribution in [0.15, 0.2) is 41.8 Å². The monoisotopic (exact) mass is 334 g/mol. The minimum absolute atomic E-state index is 0.225. The van der Waals surface area contributed by atoms with Crippen LogP contribution in [0.5, 0.6) is 5.75 Å². The van der Waals surface area contributed by atoms with Gasteiger partial charge in [-0.3, -0.25) is 0 Å². The van der Waals surface area contributed by atoms with Crippen molar-refractivity contribution >= 4 is 34.4 Å². The van der Waals surface area contributed by atoms with Crippen LogP contribution in [0.1, 0.15) is 31.7 Å². The Kier molecular flexibility index (Phi) is 6.21. The standard InChI is InChI=1S/C17H22N2OS2/c1-4-20-14-9-7-13(8-10-14)18-17(21)19-16(12(2)3)15-6-5-11-22-15/h5-12,16H,4H2,1-3H3,(H2,18,19,21)/t16-/m0/s1. The molecule has 3 nitrogen and oxygen atoms in total. The van der Waals surface area contributed by atoms with E-state index in [1.165, 1.54) is 4.88 Å². The van der Waals surface area contributed by atoms with Crippen molar-refractivity contribution in [2.45, 2.75) is 26.8 Å². The summed E-state index contributed by atoms with van der Waals surface area (Å²) in [7, 11) is 0. The zero-order chi connectivity index (χ0) is 15.9. The van der Waals surface area contributed by atoms with Gasteiger partial charge in [0.1, 0.15) is 5.75 Å². The minimum Gasteiger partial charge on any atom is -0.494 e. The summed E-state index contributed by atoms with van der Waals surface area (Å²) >= 11 is 7.19. The largest absolute Gasteiger partial charge is 0.494 e. The van der Waals surface area contributed by atoms with Crippen LogP contribution in [0.4, 0.5) is 5.69 Å². The molecule has 0 aliphatic carbocycles. The van der Waals surface area contributed by atoms with Gasteiger partial charge in [0.25, 0.3) is 0 Å². The Hall–Kier alpha value is -1.59. The van der Waals surface area contributed by atoms with E-state index < -0.39 is 0 Å². The number of thiophene rings is 1. The van der Waals surface area contributed by atoms with Crippen LogP contribution in [0, 0.1) is 5.92 Å². The average molecular weight is 335 g/mol. The number of nitrogens with one attached hydrogen (secondary N) is 2. The Morgan fingerprint density at radius 1 is 1.23 bits per heavy atom. The molecule has 0 fully saturated rings. The van der Waals surface area contributed by atoms with E-state index in [9.17, 15) is 0 Å². The molecule has 1 aromatic heterocycles. The van der Waals surface area contributed by atoms with E-state index in [1.54, 1.807) is 11.3 Å². The number of ether oxygens (including phenoxy) is 1. The first kappa shape index (κ1) is 16.8. The number of rotatable bonds is 6. The molecule has 1 heterocycles. The maximum absolute atomic E-state index is 5.44. The lowest BCUT2D eigenvalue weighted by Gasteiger charge is -2.23. The van der Waals surface area contributed by atoms with Crippen molar-refractivity contribution in [3.63, 3.8) is 0 Å².